The van der Waals surface area contributed by atoms with Gasteiger partial charge in [0.1, 0.15) is 5.65 Å². The van der Waals surface area contributed by atoms with Crippen molar-refractivity contribution in [3.8, 4) is 11.3 Å². The quantitative estimate of drug-likeness (QED) is 0.677. The van der Waals surface area contributed by atoms with E-state index < -0.39 is 0 Å². The van der Waals surface area contributed by atoms with Crippen LogP contribution in [0.1, 0.15) is 5.56 Å². The maximum atomic E-state index is 11.2. The fourth-order valence-corrected chi connectivity index (χ4v) is 1.97. The van der Waals surface area contributed by atoms with E-state index in [4.69, 9.17) is 0 Å². The van der Waals surface area contributed by atoms with Gasteiger partial charge in [-0.1, -0.05) is 23.8 Å². The Kier molecular flexibility index (Phi) is 2.11. The lowest BCUT2D eigenvalue weighted by Crippen LogP contribution is -1.97. The minimum atomic E-state index is 0.0163. The SMILES string of the molecule is Cc1cccc(-c2cn3ccc(=O)cc3[nH]2)c1. The number of rotatable bonds is 1. The average Bonchev–Trinajstić information content (AvgIpc) is 2.72. The highest BCUT2D eigenvalue weighted by Crippen LogP contribution is 2.19. The molecule has 3 rings (SSSR count). The van der Waals surface area contributed by atoms with Gasteiger partial charge in [-0.2, -0.15) is 0 Å². The third-order valence-corrected chi connectivity index (χ3v) is 2.82. The fraction of sp³-hybridized carbons (Fsp3) is 0.0714. The summed E-state index contributed by atoms with van der Waals surface area (Å²) >= 11 is 0. The van der Waals surface area contributed by atoms with Crippen LogP contribution >= 0.6 is 0 Å². The van der Waals surface area contributed by atoms with E-state index in [1.807, 2.05) is 16.7 Å². The summed E-state index contributed by atoms with van der Waals surface area (Å²) in [6, 6.07) is 11.4. The number of benzene rings is 1. The maximum Gasteiger partial charge on any atom is 0.183 e. The molecule has 1 aromatic carbocycles. The Morgan fingerprint density at radius 3 is 2.88 bits per heavy atom. The number of hydrogen-bond donors (Lipinski definition) is 1. The first-order valence-electron chi connectivity index (χ1n) is 5.50. The van der Waals surface area contributed by atoms with Gasteiger partial charge in [0, 0.05) is 24.5 Å². The summed E-state index contributed by atoms with van der Waals surface area (Å²) in [6.07, 6.45) is 3.76. The number of nitrogens with one attached hydrogen (secondary N) is 1. The Bertz CT molecular complexity index is 737. The summed E-state index contributed by atoms with van der Waals surface area (Å²) in [7, 11) is 0. The smallest absolute Gasteiger partial charge is 0.183 e. The van der Waals surface area contributed by atoms with Gasteiger partial charge in [-0.05, 0) is 18.6 Å². The van der Waals surface area contributed by atoms with Crippen molar-refractivity contribution >= 4 is 5.65 Å². The van der Waals surface area contributed by atoms with E-state index >= 15 is 0 Å². The number of aromatic amines is 1. The minimum Gasteiger partial charge on any atom is -0.340 e. The highest BCUT2D eigenvalue weighted by Gasteiger charge is 2.02. The lowest BCUT2D eigenvalue weighted by atomic mass is 10.1. The molecule has 17 heavy (non-hydrogen) atoms. The summed E-state index contributed by atoms with van der Waals surface area (Å²) < 4.78 is 1.92. The number of imidazole rings is 1. The van der Waals surface area contributed by atoms with Gasteiger partial charge in [0.05, 0.1) is 5.69 Å². The molecule has 3 heteroatoms. The molecule has 2 aromatic heterocycles. The molecule has 0 spiro atoms. The lowest BCUT2D eigenvalue weighted by molar-refractivity contribution is 1.18. The second-order valence-electron chi connectivity index (χ2n) is 4.19. The molecule has 0 aliphatic heterocycles. The zero-order valence-electron chi connectivity index (χ0n) is 9.47. The molecule has 3 aromatic rings. The van der Waals surface area contributed by atoms with Gasteiger partial charge in [-0.25, -0.2) is 0 Å². The molecule has 0 unspecified atom stereocenters. The third-order valence-electron chi connectivity index (χ3n) is 2.82. The average molecular weight is 224 g/mol. The van der Waals surface area contributed by atoms with Crippen molar-refractivity contribution in [2.24, 2.45) is 0 Å². The molecule has 0 fully saturated rings. The van der Waals surface area contributed by atoms with Crippen LogP contribution in [0.4, 0.5) is 0 Å². The monoisotopic (exact) mass is 224 g/mol. The van der Waals surface area contributed by atoms with Gasteiger partial charge >= 0.3 is 0 Å². The van der Waals surface area contributed by atoms with Crippen molar-refractivity contribution in [1.82, 2.24) is 9.38 Å². The van der Waals surface area contributed by atoms with Crippen LogP contribution in [-0.4, -0.2) is 9.38 Å². The Balaban J connectivity index is 2.21. The van der Waals surface area contributed by atoms with Crippen LogP contribution in [0.2, 0.25) is 0 Å². The normalized spacial score (nSPS) is 10.9. The molecule has 1 N–H and O–H groups in total. The van der Waals surface area contributed by atoms with E-state index in [0.29, 0.717) is 0 Å². The van der Waals surface area contributed by atoms with E-state index in [1.165, 1.54) is 5.56 Å². The van der Waals surface area contributed by atoms with Crippen LogP contribution in [0.15, 0.2) is 53.6 Å². The number of hydrogen-bond acceptors (Lipinski definition) is 1. The second kappa shape index (κ2) is 3.63. The Hall–Kier alpha value is -2.29. The van der Waals surface area contributed by atoms with Gasteiger partial charge < -0.3 is 9.38 Å². The molecule has 0 saturated carbocycles. The number of fused-ring (bicyclic) bond motifs is 1. The molecule has 0 radical (unpaired) electrons. The molecule has 0 saturated heterocycles. The van der Waals surface area contributed by atoms with Crippen LogP contribution in [0.25, 0.3) is 16.9 Å². The van der Waals surface area contributed by atoms with Crippen molar-refractivity contribution in [3.63, 3.8) is 0 Å². The molecule has 2 heterocycles. The van der Waals surface area contributed by atoms with Crippen LogP contribution in [0.5, 0.6) is 0 Å². The zero-order chi connectivity index (χ0) is 11.8. The second-order valence-corrected chi connectivity index (χ2v) is 4.19. The minimum absolute atomic E-state index is 0.0163. The van der Waals surface area contributed by atoms with Crippen molar-refractivity contribution in [2.45, 2.75) is 6.92 Å². The summed E-state index contributed by atoms with van der Waals surface area (Å²) in [4.78, 5) is 14.5. The number of nitrogens with zero attached hydrogens (tertiary/aromatic N) is 1. The van der Waals surface area contributed by atoms with Crippen LogP contribution in [-0.2, 0) is 0 Å². The number of aryl methyl sites for hydroxylation is 1. The topological polar surface area (TPSA) is 37.3 Å². The number of pyridine rings is 1. The van der Waals surface area contributed by atoms with Gasteiger partial charge in [0.25, 0.3) is 0 Å². The highest BCUT2D eigenvalue weighted by molar-refractivity contribution is 5.63. The highest BCUT2D eigenvalue weighted by atomic mass is 16.1. The summed E-state index contributed by atoms with van der Waals surface area (Å²) in [6.45, 7) is 2.06. The standard InChI is InChI=1S/C14H12N2O/c1-10-3-2-4-11(7-10)13-9-16-6-5-12(17)8-14(16)15-13/h2-9,15H,1H3. The van der Waals surface area contributed by atoms with Gasteiger partial charge in [0.15, 0.2) is 5.43 Å². The van der Waals surface area contributed by atoms with E-state index in [2.05, 4.69) is 30.1 Å². The van der Waals surface area contributed by atoms with Crippen molar-refractivity contribution < 1.29 is 0 Å². The van der Waals surface area contributed by atoms with Crippen LogP contribution in [0.3, 0.4) is 0 Å². The predicted molar refractivity (Wildman–Crippen MR) is 68.2 cm³/mol. The molecule has 3 nitrogen and oxygen atoms in total. The number of H-pyrrole nitrogens is 1. The largest absolute Gasteiger partial charge is 0.340 e. The predicted octanol–water partition coefficient (Wildman–Crippen LogP) is 2.60. The van der Waals surface area contributed by atoms with Crippen LogP contribution < -0.4 is 5.43 Å². The first kappa shape index (κ1) is 9.90. The summed E-state index contributed by atoms with van der Waals surface area (Å²) in [5.41, 5.74) is 4.19. The molecule has 0 atom stereocenters. The summed E-state index contributed by atoms with van der Waals surface area (Å²) in [5.74, 6) is 0. The van der Waals surface area contributed by atoms with Crippen molar-refractivity contribution in [3.05, 3.63) is 64.6 Å². The van der Waals surface area contributed by atoms with Gasteiger partial charge in [-0.15, -0.1) is 0 Å². The molecule has 0 amide bonds. The molecular weight excluding hydrogens is 212 g/mol. The van der Waals surface area contributed by atoms with Crippen molar-refractivity contribution in [1.29, 1.82) is 0 Å². The maximum absolute atomic E-state index is 11.2. The Labute approximate surface area is 98.4 Å². The Morgan fingerprint density at radius 2 is 2.06 bits per heavy atom. The first-order chi connectivity index (χ1) is 8.22. The summed E-state index contributed by atoms with van der Waals surface area (Å²) in [5, 5.41) is 0. The third kappa shape index (κ3) is 1.76. The van der Waals surface area contributed by atoms with Crippen LogP contribution in [0, 0.1) is 6.92 Å². The molecule has 84 valence electrons. The van der Waals surface area contributed by atoms with E-state index in [1.54, 1.807) is 18.3 Å². The molecule has 0 aliphatic carbocycles. The van der Waals surface area contributed by atoms with E-state index in [9.17, 15) is 4.79 Å². The fourth-order valence-electron chi connectivity index (χ4n) is 1.97. The zero-order valence-corrected chi connectivity index (χ0v) is 9.47. The molecule has 0 aliphatic rings. The Morgan fingerprint density at radius 1 is 1.18 bits per heavy atom. The van der Waals surface area contributed by atoms with Crippen molar-refractivity contribution in [2.75, 3.05) is 0 Å². The van der Waals surface area contributed by atoms with E-state index in [-0.39, 0.29) is 5.43 Å². The number of aromatic nitrogens is 2. The van der Waals surface area contributed by atoms with E-state index in [0.717, 1.165) is 16.9 Å². The van der Waals surface area contributed by atoms with Gasteiger partial charge in [0.2, 0.25) is 0 Å². The molecular formula is C14H12N2O. The van der Waals surface area contributed by atoms with Gasteiger partial charge in [-0.3, -0.25) is 4.79 Å². The first-order valence-corrected chi connectivity index (χ1v) is 5.50. The lowest BCUT2D eigenvalue weighted by Gasteiger charge is -1.97. The molecule has 0 bridgehead atoms.